The number of hydrogen-bond donors (Lipinski definition) is 2. The number of hydrogen-bond acceptors (Lipinski definition) is 5. The summed E-state index contributed by atoms with van der Waals surface area (Å²) in [6, 6.07) is 10.4. The van der Waals surface area contributed by atoms with Gasteiger partial charge in [0.1, 0.15) is 11.5 Å². The third kappa shape index (κ3) is 2.55. The van der Waals surface area contributed by atoms with E-state index in [-0.39, 0.29) is 11.3 Å². The molecule has 0 aliphatic carbocycles. The Bertz CT molecular complexity index is 870. The van der Waals surface area contributed by atoms with Crippen molar-refractivity contribution in [3.63, 3.8) is 0 Å². The molecule has 0 radical (unpaired) electrons. The van der Waals surface area contributed by atoms with E-state index in [1.54, 1.807) is 31.5 Å². The summed E-state index contributed by atoms with van der Waals surface area (Å²) < 4.78 is 15.9. The number of nitrogens with one attached hydrogen (secondary N) is 1. The number of carbonyl (C=O) groups excluding carboxylic acids is 1. The van der Waals surface area contributed by atoms with Gasteiger partial charge in [0.05, 0.1) is 31.0 Å². The lowest BCUT2D eigenvalue weighted by Crippen LogP contribution is -2.11. The Morgan fingerprint density at radius 3 is 2.43 bits per heavy atom. The molecule has 3 N–H and O–H groups in total. The number of methoxy groups -OCH3 is 2. The minimum Gasteiger partial charge on any atom is -0.495 e. The van der Waals surface area contributed by atoms with E-state index in [9.17, 15) is 4.79 Å². The number of benzene rings is 2. The number of para-hydroxylation sites is 2. The molecule has 0 aliphatic heterocycles. The molecule has 0 amide bonds. The maximum Gasteiger partial charge on any atom is 0.345 e. The number of aromatic nitrogens is 1. The Labute approximate surface area is 132 Å². The van der Waals surface area contributed by atoms with Gasteiger partial charge in [-0.15, -0.1) is 0 Å². The van der Waals surface area contributed by atoms with Crippen molar-refractivity contribution in [3.05, 3.63) is 48.2 Å². The number of fused-ring (bicyclic) bond motifs is 1. The Balaban J connectivity index is 1.95. The smallest absolute Gasteiger partial charge is 0.345 e. The molecule has 2 aromatic carbocycles. The van der Waals surface area contributed by atoms with E-state index < -0.39 is 5.97 Å². The van der Waals surface area contributed by atoms with Crippen molar-refractivity contribution in [2.45, 2.75) is 0 Å². The molecule has 0 fully saturated rings. The number of nitrogens with two attached hydrogens (primary N) is 1. The lowest BCUT2D eigenvalue weighted by Gasteiger charge is -2.09. The molecule has 0 saturated carbocycles. The van der Waals surface area contributed by atoms with Crippen LogP contribution in [-0.2, 0) is 0 Å². The quantitative estimate of drug-likeness (QED) is 0.571. The van der Waals surface area contributed by atoms with Crippen molar-refractivity contribution in [2.75, 3.05) is 20.0 Å². The van der Waals surface area contributed by atoms with E-state index in [2.05, 4.69) is 4.98 Å². The van der Waals surface area contributed by atoms with Gasteiger partial charge < -0.3 is 24.9 Å². The first-order chi connectivity index (χ1) is 11.2. The van der Waals surface area contributed by atoms with E-state index in [1.807, 2.05) is 18.2 Å². The van der Waals surface area contributed by atoms with Crippen LogP contribution >= 0.6 is 0 Å². The molecule has 1 heterocycles. The predicted octanol–water partition coefficient (Wildman–Crippen LogP) is 2.99. The number of anilines is 1. The summed E-state index contributed by atoms with van der Waals surface area (Å²) in [5.41, 5.74) is 7.19. The summed E-state index contributed by atoms with van der Waals surface area (Å²) in [7, 11) is 3.07. The average Bonchev–Trinajstić information content (AvgIpc) is 2.98. The highest BCUT2D eigenvalue weighted by Crippen LogP contribution is 2.33. The number of carbonyl (C=O) groups is 1. The van der Waals surface area contributed by atoms with Crippen molar-refractivity contribution in [2.24, 2.45) is 0 Å². The van der Waals surface area contributed by atoms with Gasteiger partial charge in [0.2, 0.25) is 0 Å². The number of H-pyrrole nitrogens is 1. The second-order valence-corrected chi connectivity index (χ2v) is 4.85. The van der Waals surface area contributed by atoms with E-state index in [0.717, 1.165) is 10.9 Å². The first-order valence-corrected chi connectivity index (χ1v) is 6.94. The number of aromatic amines is 1. The van der Waals surface area contributed by atoms with Crippen LogP contribution in [0.3, 0.4) is 0 Å². The average molecular weight is 312 g/mol. The van der Waals surface area contributed by atoms with Crippen molar-refractivity contribution in [1.82, 2.24) is 4.98 Å². The van der Waals surface area contributed by atoms with Gasteiger partial charge in [0.25, 0.3) is 0 Å². The molecule has 118 valence electrons. The first-order valence-electron chi connectivity index (χ1n) is 6.94. The second kappa shape index (κ2) is 5.92. The summed E-state index contributed by atoms with van der Waals surface area (Å²) in [6.07, 6.45) is 1.61. The third-order valence-electron chi connectivity index (χ3n) is 3.57. The van der Waals surface area contributed by atoms with E-state index >= 15 is 0 Å². The van der Waals surface area contributed by atoms with Crippen molar-refractivity contribution >= 4 is 22.6 Å². The topological polar surface area (TPSA) is 86.6 Å². The van der Waals surface area contributed by atoms with Crippen LogP contribution in [0, 0.1) is 0 Å². The number of nitrogen functional groups attached to an aromatic ring is 1. The summed E-state index contributed by atoms with van der Waals surface area (Å²) in [6.45, 7) is 0. The third-order valence-corrected chi connectivity index (χ3v) is 3.57. The molecule has 0 unspecified atom stereocenters. The minimum absolute atomic E-state index is 0.248. The van der Waals surface area contributed by atoms with E-state index in [0.29, 0.717) is 17.2 Å². The van der Waals surface area contributed by atoms with Crippen LogP contribution in [0.15, 0.2) is 42.6 Å². The van der Waals surface area contributed by atoms with Crippen molar-refractivity contribution in [3.8, 4) is 17.2 Å². The zero-order valence-corrected chi connectivity index (χ0v) is 12.8. The fourth-order valence-electron chi connectivity index (χ4n) is 2.41. The van der Waals surface area contributed by atoms with Crippen LogP contribution in [0.4, 0.5) is 5.69 Å². The molecule has 0 saturated heterocycles. The Morgan fingerprint density at radius 2 is 1.70 bits per heavy atom. The number of esters is 1. The molecule has 0 spiro atoms. The van der Waals surface area contributed by atoms with Crippen LogP contribution in [0.1, 0.15) is 10.4 Å². The molecule has 6 nitrogen and oxygen atoms in total. The number of rotatable bonds is 4. The van der Waals surface area contributed by atoms with Gasteiger partial charge in [-0.2, -0.15) is 0 Å². The highest BCUT2D eigenvalue weighted by Gasteiger charge is 2.17. The van der Waals surface area contributed by atoms with Crippen LogP contribution < -0.4 is 19.9 Å². The van der Waals surface area contributed by atoms with Gasteiger partial charge in [0, 0.05) is 11.6 Å². The zero-order chi connectivity index (χ0) is 16.4. The van der Waals surface area contributed by atoms with Gasteiger partial charge in [0.15, 0.2) is 5.75 Å². The second-order valence-electron chi connectivity index (χ2n) is 4.85. The van der Waals surface area contributed by atoms with Crippen LogP contribution in [0.5, 0.6) is 17.2 Å². The van der Waals surface area contributed by atoms with Gasteiger partial charge in [-0.1, -0.05) is 12.1 Å². The maximum atomic E-state index is 12.4. The van der Waals surface area contributed by atoms with E-state index in [4.69, 9.17) is 19.9 Å². The molecule has 0 atom stereocenters. The molecular weight excluding hydrogens is 296 g/mol. The van der Waals surface area contributed by atoms with Gasteiger partial charge in [-0.25, -0.2) is 4.79 Å². The normalized spacial score (nSPS) is 10.5. The summed E-state index contributed by atoms with van der Waals surface area (Å²) in [4.78, 5) is 15.4. The molecule has 3 rings (SSSR count). The molecular formula is C17H16N2O4. The van der Waals surface area contributed by atoms with E-state index in [1.165, 1.54) is 7.11 Å². The van der Waals surface area contributed by atoms with Gasteiger partial charge in [-0.3, -0.25) is 0 Å². The fraction of sp³-hybridized carbons (Fsp3) is 0.118. The molecule has 3 aromatic rings. The largest absolute Gasteiger partial charge is 0.495 e. The summed E-state index contributed by atoms with van der Waals surface area (Å²) in [5, 5.41) is 0.749. The Kier molecular flexibility index (Phi) is 3.80. The predicted molar refractivity (Wildman–Crippen MR) is 87.2 cm³/mol. The maximum absolute atomic E-state index is 12.4. The SMILES string of the molecule is COc1cccc(C(=O)Oc2c[nH]c3c(OC)cccc23)c1N. The Morgan fingerprint density at radius 1 is 1.00 bits per heavy atom. The molecule has 0 aliphatic rings. The number of ether oxygens (including phenoxy) is 3. The standard InChI is InChI=1S/C17H16N2O4/c1-21-12-7-4-6-11(15(12)18)17(20)23-14-9-19-16-10(14)5-3-8-13(16)22-2/h3-9,19H,18H2,1-2H3. The van der Waals surface area contributed by atoms with Gasteiger partial charge >= 0.3 is 5.97 Å². The summed E-state index contributed by atoms with van der Waals surface area (Å²) >= 11 is 0. The lowest BCUT2D eigenvalue weighted by atomic mass is 10.1. The van der Waals surface area contributed by atoms with Crippen LogP contribution in [-0.4, -0.2) is 25.2 Å². The van der Waals surface area contributed by atoms with Crippen molar-refractivity contribution < 1.29 is 19.0 Å². The van der Waals surface area contributed by atoms with Crippen LogP contribution in [0.2, 0.25) is 0 Å². The zero-order valence-electron chi connectivity index (χ0n) is 12.8. The first kappa shape index (κ1) is 14.8. The monoisotopic (exact) mass is 312 g/mol. The molecule has 1 aromatic heterocycles. The summed E-state index contributed by atoms with van der Waals surface area (Å²) in [5.74, 6) is 0.960. The minimum atomic E-state index is -0.551. The highest BCUT2D eigenvalue weighted by molar-refractivity contribution is 6.00. The lowest BCUT2D eigenvalue weighted by molar-refractivity contribution is 0.0738. The van der Waals surface area contributed by atoms with Gasteiger partial charge in [-0.05, 0) is 24.3 Å². The van der Waals surface area contributed by atoms with Crippen molar-refractivity contribution in [1.29, 1.82) is 0 Å². The molecule has 0 bridgehead atoms. The Hall–Kier alpha value is -3.15. The van der Waals surface area contributed by atoms with Crippen LogP contribution in [0.25, 0.3) is 10.9 Å². The fourth-order valence-corrected chi connectivity index (χ4v) is 2.41. The molecule has 6 heteroatoms. The molecule has 23 heavy (non-hydrogen) atoms. The highest BCUT2D eigenvalue weighted by atomic mass is 16.5.